The van der Waals surface area contributed by atoms with Crippen molar-refractivity contribution in [1.82, 2.24) is 0 Å². The second kappa shape index (κ2) is 7.32. The second-order valence-corrected chi connectivity index (χ2v) is 7.55. The Morgan fingerprint density at radius 3 is 1.83 bits per heavy atom. The van der Waals surface area contributed by atoms with Crippen LogP contribution in [-0.4, -0.2) is 10.2 Å². The Morgan fingerprint density at radius 2 is 1.14 bits per heavy atom. The van der Waals surface area contributed by atoms with Gasteiger partial charge in [-0.2, -0.15) is 0 Å². The molecule has 1 aliphatic carbocycles. The maximum absolute atomic E-state index is 11.4. The molecule has 0 saturated heterocycles. The number of fused-ring (bicyclic) bond motifs is 3. The molecule has 0 aromatic heterocycles. The van der Waals surface area contributed by atoms with Gasteiger partial charge < -0.3 is 10.2 Å². The van der Waals surface area contributed by atoms with Gasteiger partial charge in [0.1, 0.15) is 12.2 Å². The predicted molar refractivity (Wildman–Crippen MR) is 116 cm³/mol. The quantitative estimate of drug-likeness (QED) is 0.438. The molecule has 2 N–H and O–H groups in total. The first-order valence-corrected chi connectivity index (χ1v) is 9.94. The third-order valence-corrected chi connectivity index (χ3v) is 5.86. The van der Waals surface area contributed by atoms with Gasteiger partial charge in [-0.15, -0.1) is 0 Å². The highest BCUT2D eigenvalue weighted by Gasteiger charge is 2.29. The molecule has 2 unspecified atom stereocenters. The minimum atomic E-state index is -0.797. The van der Waals surface area contributed by atoms with E-state index in [4.69, 9.17) is 0 Å². The zero-order valence-electron chi connectivity index (χ0n) is 16.0. The molecule has 2 nitrogen and oxygen atoms in total. The first kappa shape index (κ1) is 17.9. The van der Waals surface area contributed by atoms with Crippen LogP contribution in [0.15, 0.2) is 97.1 Å². The summed E-state index contributed by atoms with van der Waals surface area (Å²) in [7, 11) is 0. The number of aliphatic hydroxyl groups is 2. The highest BCUT2D eigenvalue weighted by Crippen LogP contribution is 2.44. The second-order valence-electron chi connectivity index (χ2n) is 7.55. The number of aliphatic hydroxyl groups excluding tert-OH is 2. The van der Waals surface area contributed by atoms with Crippen molar-refractivity contribution in [3.8, 4) is 11.1 Å². The van der Waals surface area contributed by atoms with Crippen molar-refractivity contribution in [3.63, 3.8) is 0 Å². The zero-order chi connectivity index (χ0) is 19.8. The molecule has 142 valence electrons. The molecule has 4 aromatic carbocycles. The van der Waals surface area contributed by atoms with Crippen molar-refractivity contribution >= 4 is 0 Å². The molecule has 0 bridgehead atoms. The van der Waals surface area contributed by atoms with Crippen LogP contribution in [0.3, 0.4) is 0 Å². The summed E-state index contributed by atoms with van der Waals surface area (Å²) in [5, 5.41) is 22.6. The third-order valence-electron chi connectivity index (χ3n) is 5.86. The third kappa shape index (κ3) is 3.07. The van der Waals surface area contributed by atoms with E-state index in [2.05, 4.69) is 24.3 Å². The molecule has 0 heterocycles. The van der Waals surface area contributed by atoms with E-state index in [1.165, 1.54) is 11.1 Å². The van der Waals surface area contributed by atoms with E-state index in [1.54, 1.807) is 0 Å². The molecule has 5 rings (SSSR count). The highest BCUT2D eigenvalue weighted by molar-refractivity contribution is 5.79. The van der Waals surface area contributed by atoms with Gasteiger partial charge in [0.05, 0.1) is 0 Å². The molecule has 29 heavy (non-hydrogen) atoms. The average molecular weight is 378 g/mol. The Morgan fingerprint density at radius 1 is 0.552 bits per heavy atom. The maximum atomic E-state index is 11.4. The summed E-state index contributed by atoms with van der Waals surface area (Å²) in [4.78, 5) is 0. The Kier molecular flexibility index (Phi) is 4.51. The lowest BCUT2D eigenvalue weighted by Gasteiger charge is -2.23. The first-order valence-electron chi connectivity index (χ1n) is 9.94. The Labute approximate surface area is 170 Å². The van der Waals surface area contributed by atoms with Gasteiger partial charge in [-0.3, -0.25) is 0 Å². The van der Waals surface area contributed by atoms with Crippen molar-refractivity contribution in [2.24, 2.45) is 0 Å². The lowest BCUT2D eigenvalue weighted by atomic mass is 9.86. The summed E-state index contributed by atoms with van der Waals surface area (Å²) in [6, 6.07) is 31.8. The van der Waals surface area contributed by atoms with Gasteiger partial charge in [0.2, 0.25) is 0 Å². The summed E-state index contributed by atoms with van der Waals surface area (Å²) in [5.41, 5.74) is 7.97. The van der Waals surface area contributed by atoms with Gasteiger partial charge in [-0.25, -0.2) is 0 Å². The maximum Gasteiger partial charge on any atom is 0.105 e. The van der Waals surface area contributed by atoms with E-state index < -0.39 is 12.2 Å². The monoisotopic (exact) mass is 378 g/mol. The molecule has 4 aromatic rings. The van der Waals surface area contributed by atoms with Gasteiger partial charge in [-0.05, 0) is 50.9 Å². The number of rotatable bonds is 4. The van der Waals surface area contributed by atoms with Crippen LogP contribution in [0, 0.1) is 0 Å². The fourth-order valence-corrected chi connectivity index (χ4v) is 4.43. The molecule has 2 heteroatoms. The van der Waals surface area contributed by atoms with Crippen molar-refractivity contribution in [3.05, 3.63) is 130 Å². The van der Waals surface area contributed by atoms with Crippen molar-refractivity contribution in [2.75, 3.05) is 0 Å². The Hall–Kier alpha value is -3.20. The predicted octanol–water partition coefficient (Wildman–Crippen LogP) is 5.42. The SMILES string of the molecule is OC(c1ccccc1)c1ccc2c(c1C(O)c1ccccc1)Cc1ccccc1-2. The van der Waals surface area contributed by atoms with Crippen LogP contribution >= 0.6 is 0 Å². The topological polar surface area (TPSA) is 40.5 Å². The van der Waals surface area contributed by atoms with E-state index in [-0.39, 0.29) is 0 Å². The van der Waals surface area contributed by atoms with E-state index >= 15 is 0 Å². The van der Waals surface area contributed by atoms with Crippen LogP contribution in [0.1, 0.15) is 45.6 Å². The summed E-state index contributed by atoms with van der Waals surface area (Å²) in [5.74, 6) is 0. The van der Waals surface area contributed by atoms with Gasteiger partial charge in [-0.1, -0.05) is 97.1 Å². The lowest BCUT2D eigenvalue weighted by Crippen LogP contribution is -2.12. The summed E-state index contributed by atoms with van der Waals surface area (Å²) >= 11 is 0. The van der Waals surface area contributed by atoms with Crippen LogP contribution in [-0.2, 0) is 6.42 Å². The van der Waals surface area contributed by atoms with Crippen molar-refractivity contribution in [2.45, 2.75) is 18.6 Å². The number of hydrogen-bond acceptors (Lipinski definition) is 2. The average Bonchev–Trinajstić information content (AvgIpc) is 3.17. The molecule has 0 aliphatic heterocycles. The Balaban J connectivity index is 1.71. The van der Waals surface area contributed by atoms with E-state index in [0.29, 0.717) is 0 Å². The van der Waals surface area contributed by atoms with Gasteiger partial charge in [0.25, 0.3) is 0 Å². The smallest absolute Gasteiger partial charge is 0.105 e. The molecule has 0 saturated carbocycles. The van der Waals surface area contributed by atoms with Crippen LogP contribution in [0.2, 0.25) is 0 Å². The molecule has 0 amide bonds. The summed E-state index contributed by atoms with van der Waals surface area (Å²) in [6.07, 6.45) is -0.826. The van der Waals surface area contributed by atoms with Crippen LogP contribution in [0.4, 0.5) is 0 Å². The van der Waals surface area contributed by atoms with Crippen LogP contribution < -0.4 is 0 Å². The molecule has 2 atom stereocenters. The van der Waals surface area contributed by atoms with E-state index in [0.717, 1.165) is 39.8 Å². The standard InChI is InChI=1S/C27H22O2/c28-26(18-9-3-1-4-10-18)23-16-15-22-21-14-8-7-13-20(21)17-24(22)25(23)27(29)19-11-5-2-6-12-19/h1-16,26-29H,17H2. The van der Waals surface area contributed by atoms with Crippen LogP contribution in [0.5, 0.6) is 0 Å². The first-order chi connectivity index (χ1) is 14.2. The fourth-order valence-electron chi connectivity index (χ4n) is 4.43. The lowest BCUT2D eigenvalue weighted by molar-refractivity contribution is 0.196. The van der Waals surface area contributed by atoms with Gasteiger partial charge in [0, 0.05) is 0 Å². The minimum Gasteiger partial charge on any atom is -0.384 e. The summed E-state index contributed by atoms with van der Waals surface area (Å²) in [6.45, 7) is 0. The molecule has 0 fully saturated rings. The molecule has 0 spiro atoms. The number of benzene rings is 4. The number of hydrogen-bond donors (Lipinski definition) is 2. The highest BCUT2D eigenvalue weighted by atomic mass is 16.3. The largest absolute Gasteiger partial charge is 0.384 e. The van der Waals surface area contributed by atoms with Crippen molar-refractivity contribution in [1.29, 1.82) is 0 Å². The van der Waals surface area contributed by atoms with Gasteiger partial charge in [0.15, 0.2) is 0 Å². The minimum absolute atomic E-state index is 0.763. The summed E-state index contributed by atoms with van der Waals surface area (Å²) < 4.78 is 0. The molecule has 0 radical (unpaired) electrons. The van der Waals surface area contributed by atoms with E-state index in [1.807, 2.05) is 72.8 Å². The molecular formula is C27H22O2. The van der Waals surface area contributed by atoms with Crippen molar-refractivity contribution < 1.29 is 10.2 Å². The van der Waals surface area contributed by atoms with E-state index in [9.17, 15) is 10.2 Å². The fraction of sp³-hybridized carbons (Fsp3) is 0.111. The zero-order valence-corrected chi connectivity index (χ0v) is 16.0. The Bertz CT molecular complexity index is 1150. The van der Waals surface area contributed by atoms with Crippen LogP contribution in [0.25, 0.3) is 11.1 Å². The van der Waals surface area contributed by atoms with Gasteiger partial charge >= 0.3 is 0 Å². The molecular weight excluding hydrogens is 356 g/mol. The molecule has 1 aliphatic rings. The normalized spacial score (nSPS) is 14.1.